The van der Waals surface area contributed by atoms with Crippen LogP contribution in [0.4, 0.5) is 0 Å². The maximum Gasteiger partial charge on any atom is 0.338 e. The Morgan fingerprint density at radius 1 is 0.576 bits per heavy atom. The molecular formula is C45H37BrO13. The van der Waals surface area contributed by atoms with Gasteiger partial charge in [0, 0.05) is 0 Å². The molecule has 0 aromatic heterocycles. The van der Waals surface area contributed by atoms with Crippen LogP contribution in [0.1, 0.15) is 47.0 Å². The van der Waals surface area contributed by atoms with Gasteiger partial charge in [0.2, 0.25) is 22.8 Å². The fraction of sp³-hybridized carbons (Fsp3) is 0.178. The smallest absolute Gasteiger partial charge is 0.338 e. The van der Waals surface area contributed by atoms with E-state index in [1.807, 2.05) is 0 Å². The van der Waals surface area contributed by atoms with Crippen LogP contribution in [-0.2, 0) is 28.5 Å². The van der Waals surface area contributed by atoms with E-state index in [-0.39, 0.29) is 44.2 Å². The monoisotopic (exact) mass is 864 g/mol. The first kappa shape index (κ1) is 41.9. The topological polar surface area (TPSA) is 159 Å². The molecule has 1 saturated heterocycles. The molecule has 5 atom stereocenters. The zero-order valence-electron chi connectivity index (χ0n) is 31.6. The highest BCUT2D eigenvalue weighted by molar-refractivity contribution is 9.18. The lowest BCUT2D eigenvalue weighted by Crippen LogP contribution is -2.64. The van der Waals surface area contributed by atoms with Crippen molar-refractivity contribution in [1.29, 1.82) is 0 Å². The molecule has 0 unspecified atom stereocenters. The molecule has 302 valence electrons. The van der Waals surface area contributed by atoms with Crippen LogP contribution in [0.3, 0.4) is 0 Å². The molecule has 6 rings (SSSR count). The van der Waals surface area contributed by atoms with Gasteiger partial charge in [0.1, 0.15) is 12.7 Å². The maximum absolute atomic E-state index is 13.9. The molecule has 1 aliphatic rings. The summed E-state index contributed by atoms with van der Waals surface area (Å²) in [6, 6.07) is 35.3. The fourth-order valence-electron chi connectivity index (χ4n) is 6.01. The number of ether oxygens (including phenoxy) is 8. The minimum atomic E-state index is -1.68. The molecule has 1 fully saturated rings. The summed E-state index contributed by atoms with van der Waals surface area (Å²) in [5.74, 6) is -3.16. The van der Waals surface area contributed by atoms with Gasteiger partial charge in [-0.05, 0) is 88.2 Å². The highest BCUT2D eigenvalue weighted by atomic mass is 79.9. The largest absolute Gasteiger partial charge is 0.493 e. The van der Waals surface area contributed by atoms with Gasteiger partial charge in [0.15, 0.2) is 23.7 Å². The van der Waals surface area contributed by atoms with Crippen molar-refractivity contribution in [3.05, 3.63) is 167 Å². The van der Waals surface area contributed by atoms with Gasteiger partial charge in [0.05, 0.1) is 36.5 Å². The van der Waals surface area contributed by atoms with E-state index in [2.05, 4.69) is 15.9 Å². The summed E-state index contributed by atoms with van der Waals surface area (Å²) in [6.45, 7) is -0.558. The summed E-state index contributed by atoms with van der Waals surface area (Å²) >= 11 is 2.87. The average molecular weight is 866 g/mol. The van der Waals surface area contributed by atoms with E-state index in [0.717, 1.165) is 0 Å². The summed E-state index contributed by atoms with van der Waals surface area (Å²) in [6.07, 6.45) is -5.22. The van der Waals surface area contributed by atoms with Crippen molar-refractivity contribution in [2.24, 2.45) is 0 Å². The molecule has 0 spiro atoms. The predicted molar refractivity (Wildman–Crippen MR) is 215 cm³/mol. The van der Waals surface area contributed by atoms with Crippen molar-refractivity contribution < 1.29 is 61.9 Å². The number of carbonyl (C=O) groups excluding carboxylic acids is 5. The van der Waals surface area contributed by atoms with Crippen molar-refractivity contribution in [3.63, 3.8) is 0 Å². The minimum Gasteiger partial charge on any atom is -0.493 e. The first-order valence-electron chi connectivity index (χ1n) is 18.1. The first-order chi connectivity index (χ1) is 28.6. The van der Waals surface area contributed by atoms with Gasteiger partial charge < -0.3 is 37.9 Å². The molecule has 0 radical (unpaired) electrons. The SMILES string of the molecule is COc1cc(C=CC(=O)Br)cc(OC)c1O[C@@H]1O[C@H](COC(=O)c2ccccc2)[C@@H](OC(=O)c2ccccc2)[C@H](OC(=O)c2ccccc2)[C@H]1OC(=O)c1ccccc1. The third kappa shape index (κ3) is 10.8. The molecule has 13 nitrogen and oxygen atoms in total. The Balaban J connectivity index is 1.48. The molecular weight excluding hydrogens is 828 g/mol. The van der Waals surface area contributed by atoms with Gasteiger partial charge in [0.25, 0.3) is 0 Å². The number of hydrogen-bond acceptors (Lipinski definition) is 13. The highest BCUT2D eigenvalue weighted by Crippen LogP contribution is 2.42. The van der Waals surface area contributed by atoms with Gasteiger partial charge in [-0.15, -0.1) is 0 Å². The van der Waals surface area contributed by atoms with E-state index >= 15 is 0 Å². The molecule has 0 N–H and O–H groups in total. The van der Waals surface area contributed by atoms with Crippen molar-refractivity contribution in [2.45, 2.75) is 30.7 Å². The van der Waals surface area contributed by atoms with Crippen LogP contribution in [0.15, 0.2) is 140 Å². The molecule has 0 amide bonds. The molecule has 14 heteroatoms. The van der Waals surface area contributed by atoms with Crippen LogP contribution in [0, 0.1) is 0 Å². The van der Waals surface area contributed by atoms with Crippen LogP contribution in [-0.4, -0.2) is 80.1 Å². The summed E-state index contributed by atoms with van der Waals surface area (Å²) in [5, 5.41) is 0. The number of methoxy groups -OCH3 is 2. The van der Waals surface area contributed by atoms with Gasteiger partial charge in [-0.1, -0.05) is 78.9 Å². The normalized spacial score (nSPS) is 18.5. The van der Waals surface area contributed by atoms with Crippen LogP contribution in [0.25, 0.3) is 6.08 Å². The van der Waals surface area contributed by atoms with E-state index in [1.54, 1.807) is 97.1 Å². The lowest BCUT2D eigenvalue weighted by molar-refractivity contribution is -0.275. The second-order valence-corrected chi connectivity index (χ2v) is 13.5. The lowest BCUT2D eigenvalue weighted by atomic mass is 9.97. The van der Waals surface area contributed by atoms with Gasteiger partial charge in [-0.25, -0.2) is 19.2 Å². The summed E-state index contributed by atoms with van der Waals surface area (Å²) < 4.78 is 48.0. The van der Waals surface area contributed by atoms with E-state index in [0.29, 0.717) is 5.56 Å². The van der Waals surface area contributed by atoms with Gasteiger partial charge in [-0.3, -0.25) is 4.79 Å². The number of hydrogen-bond donors (Lipinski definition) is 0. The Labute approximate surface area is 347 Å². The van der Waals surface area contributed by atoms with E-state index in [1.165, 1.54) is 62.8 Å². The first-order valence-corrected chi connectivity index (χ1v) is 18.9. The minimum absolute atomic E-state index is 0.0454. The number of benzene rings is 5. The van der Waals surface area contributed by atoms with Crippen LogP contribution in [0.5, 0.6) is 17.2 Å². The number of halogens is 1. The Morgan fingerprint density at radius 3 is 1.41 bits per heavy atom. The number of esters is 4. The fourth-order valence-corrected chi connectivity index (χ4v) is 6.14. The maximum atomic E-state index is 13.9. The molecule has 0 aliphatic carbocycles. The molecule has 0 saturated carbocycles. The number of allylic oxidation sites excluding steroid dienone is 1. The third-order valence-corrected chi connectivity index (χ3v) is 9.13. The zero-order valence-corrected chi connectivity index (χ0v) is 33.2. The summed E-state index contributed by atoms with van der Waals surface area (Å²) in [4.78, 5) is 66.6. The van der Waals surface area contributed by atoms with E-state index in [9.17, 15) is 24.0 Å². The van der Waals surface area contributed by atoms with Crippen LogP contribution in [0.2, 0.25) is 0 Å². The standard InChI is InChI=1S/C45H37BrO13/c1-52-33-25-28(23-24-36(46)47)26-34(53-2)37(33)59-45-40(58-44(51)32-21-13-6-14-22-32)39(57-43(50)31-19-11-5-12-20-31)38(56-42(49)30-17-9-4-10-18-30)35(55-45)27-54-41(48)29-15-7-3-8-16-29/h3-26,35,38-40,45H,27H2,1-2H3/t35-,38-,39+,40-,45+/m1/s1. The average Bonchev–Trinajstić information content (AvgIpc) is 3.27. The summed E-state index contributed by atoms with van der Waals surface area (Å²) in [5.41, 5.74) is 1.11. The highest BCUT2D eigenvalue weighted by Gasteiger charge is 2.54. The lowest BCUT2D eigenvalue weighted by Gasteiger charge is -2.44. The van der Waals surface area contributed by atoms with E-state index in [4.69, 9.17) is 37.9 Å². The molecule has 59 heavy (non-hydrogen) atoms. The van der Waals surface area contributed by atoms with Crippen LogP contribution < -0.4 is 14.2 Å². The molecule has 5 aromatic carbocycles. The molecule has 1 heterocycles. The van der Waals surface area contributed by atoms with E-state index < -0.39 is 61.2 Å². The summed E-state index contributed by atoms with van der Waals surface area (Å²) in [7, 11) is 2.74. The second-order valence-electron chi connectivity index (χ2n) is 12.7. The Bertz CT molecular complexity index is 2240. The van der Waals surface area contributed by atoms with Crippen molar-refractivity contribution >= 4 is 50.6 Å². The number of carbonyl (C=O) groups is 5. The predicted octanol–water partition coefficient (Wildman–Crippen LogP) is 7.28. The second kappa shape index (κ2) is 20.1. The quantitative estimate of drug-likeness (QED) is 0.0448. The molecule has 1 aliphatic heterocycles. The van der Waals surface area contributed by atoms with Crippen molar-refractivity contribution in [1.82, 2.24) is 0 Å². The van der Waals surface area contributed by atoms with Gasteiger partial charge in [-0.2, -0.15) is 0 Å². The Kier molecular flexibility index (Phi) is 14.2. The molecule has 5 aromatic rings. The Morgan fingerprint density at radius 2 is 0.983 bits per heavy atom. The molecule has 0 bridgehead atoms. The third-order valence-electron chi connectivity index (χ3n) is 8.86. The Hall–Kier alpha value is -6.77. The van der Waals surface area contributed by atoms with Crippen molar-refractivity contribution in [2.75, 3.05) is 20.8 Å². The van der Waals surface area contributed by atoms with Gasteiger partial charge >= 0.3 is 23.9 Å². The van der Waals surface area contributed by atoms with Crippen molar-refractivity contribution in [3.8, 4) is 17.2 Å². The zero-order chi connectivity index (χ0) is 41.7. The van der Waals surface area contributed by atoms with Crippen LogP contribution >= 0.6 is 15.9 Å². The number of rotatable bonds is 15.